The van der Waals surface area contributed by atoms with E-state index in [4.69, 9.17) is 14.2 Å². The zero-order valence-corrected chi connectivity index (χ0v) is 13.4. The van der Waals surface area contributed by atoms with Crippen molar-refractivity contribution in [1.29, 1.82) is 0 Å². The molecule has 1 saturated heterocycles. The lowest BCUT2D eigenvalue weighted by Gasteiger charge is -2.29. The van der Waals surface area contributed by atoms with Crippen molar-refractivity contribution < 1.29 is 14.2 Å². The lowest BCUT2D eigenvalue weighted by Crippen LogP contribution is -2.32. The lowest BCUT2D eigenvalue weighted by molar-refractivity contribution is -0.210. The van der Waals surface area contributed by atoms with Crippen molar-refractivity contribution in [3.05, 3.63) is 71.8 Å². The van der Waals surface area contributed by atoms with Crippen LogP contribution in [0.5, 0.6) is 0 Å². The summed E-state index contributed by atoms with van der Waals surface area (Å²) in [5.74, 6) is 0. The van der Waals surface area contributed by atoms with Crippen LogP contribution in [0.2, 0.25) is 0 Å². The fourth-order valence-electron chi connectivity index (χ4n) is 2.75. The first-order chi connectivity index (χ1) is 11.4. The maximum absolute atomic E-state index is 6.00. The van der Waals surface area contributed by atoms with Crippen LogP contribution >= 0.6 is 0 Å². The molecule has 0 saturated carbocycles. The normalized spacial score (nSPS) is 21.2. The van der Waals surface area contributed by atoms with E-state index in [0.717, 1.165) is 19.3 Å². The standard InChI is InChI=1S/C20H24O3/c1-3-8-17(9-4-1)14-21-16-19-12-7-13-20(23-19)22-15-18-10-5-2-6-11-18/h1-6,8-11,19-20H,7,12-16H2. The van der Waals surface area contributed by atoms with Crippen LogP contribution in [0.15, 0.2) is 60.7 Å². The van der Waals surface area contributed by atoms with E-state index in [1.165, 1.54) is 11.1 Å². The van der Waals surface area contributed by atoms with Crippen molar-refractivity contribution in [3.8, 4) is 0 Å². The molecule has 3 heteroatoms. The van der Waals surface area contributed by atoms with E-state index in [9.17, 15) is 0 Å². The molecule has 0 aliphatic carbocycles. The summed E-state index contributed by atoms with van der Waals surface area (Å²) in [5, 5.41) is 0. The number of hydrogen-bond acceptors (Lipinski definition) is 3. The Kier molecular flexibility index (Phi) is 6.21. The SMILES string of the molecule is c1ccc(COCC2CCCC(OCc3ccccc3)O2)cc1. The molecule has 3 rings (SSSR count). The third kappa shape index (κ3) is 5.47. The van der Waals surface area contributed by atoms with Crippen LogP contribution in [0.3, 0.4) is 0 Å². The molecule has 1 fully saturated rings. The number of rotatable bonds is 7. The van der Waals surface area contributed by atoms with Crippen LogP contribution in [0.1, 0.15) is 30.4 Å². The van der Waals surface area contributed by atoms with E-state index in [1.807, 2.05) is 36.4 Å². The zero-order chi connectivity index (χ0) is 15.7. The quantitative estimate of drug-likeness (QED) is 0.762. The summed E-state index contributed by atoms with van der Waals surface area (Å²) in [6.45, 7) is 1.86. The fraction of sp³-hybridized carbons (Fsp3) is 0.400. The van der Waals surface area contributed by atoms with Crippen molar-refractivity contribution >= 4 is 0 Å². The maximum Gasteiger partial charge on any atom is 0.158 e. The summed E-state index contributed by atoms with van der Waals surface area (Å²) in [6.07, 6.45) is 3.14. The first-order valence-electron chi connectivity index (χ1n) is 8.33. The Morgan fingerprint density at radius 2 is 1.48 bits per heavy atom. The lowest BCUT2D eigenvalue weighted by atomic mass is 10.1. The summed E-state index contributed by atoms with van der Waals surface area (Å²) in [4.78, 5) is 0. The van der Waals surface area contributed by atoms with Gasteiger partial charge in [-0.1, -0.05) is 60.7 Å². The van der Waals surface area contributed by atoms with Crippen LogP contribution in [0.25, 0.3) is 0 Å². The minimum atomic E-state index is -0.116. The summed E-state index contributed by atoms with van der Waals surface area (Å²) < 4.78 is 17.7. The molecular formula is C20H24O3. The Labute approximate surface area is 138 Å². The van der Waals surface area contributed by atoms with Gasteiger partial charge in [0.15, 0.2) is 6.29 Å². The molecular weight excluding hydrogens is 288 g/mol. The number of benzene rings is 2. The second-order valence-electron chi connectivity index (χ2n) is 5.92. The topological polar surface area (TPSA) is 27.7 Å². The van der Waals surface area contributed by atoms with Gasteiger partial charge in [-0.3, -0.25) is 0 Å². The highest BCUT2D eigenvalue weighted by Gasteiger charge is 2.23. The molecule has 0 spiro atoms. The third-order valence-electron chi connectivity index (χ3n) is 4.00. The predicted molar refractivity (Wildman–Crippen MR) is 89.8 cm³/mol. The average molecular weight is 312 g/mol. The van der Waals surface area contributed by atoms with Gasteiger partial charge >= 0.3 is 0 Å². The van der Waals surface area contributed by atoms with Crippen molar-refractivity contribution in [2.45, 2.75) is 44.9 Å². The maximum atomic E-state index is 6.00. The highest BCUT2D eigenvalue weighted by atomic mass is 16.7. The van der Waals surface area contributed by atoms with E-state index in [0.29, 0.717) is 19.8 Å². The van der Waals surface area contributed by atoms with Gasteiger partial charge in [-0.25, -0.2) is 0 Å². The van der Waals surface area contributed by atoms with Crippen LogP contribution in [-0.2, 0) is 27.4 Å². The van der Waals surface area contributed by atoms with Gasteiger partial charge < -0.3 is 14.2 Å². The highest BCUT2D eigenvalue weighted by Crippen LogP contribution is 2.21. The molecule has 0 N–H and O–H groups in total. The molecule has 0 bridgehead atoms. The molecule has 0 amide bonds. The van der Waals surface area contributed by atoms with Crippen molar-refractivity contribution in [3.63, 3.8) is 0 Å². The Balaban J connectivity index is 1.38. The van der Waals surface area contributed by atoms with Gasteiger partial charge in [0, 0.05) is 0 Å². The largest absolute Gasteiger partial charge is 0.374 e. The Morgan fingerprint density at radius 3 is 2.17 bits per heavy atom. The van der Waals surface area contributed by atoms with E-state index in [2.05, 4.69) is 24.3 Å². The molecule has 122 valence electrons. The second-order valence-corrected chi connectivity index (χ2v) is 5.92. The third-order valence-corrected chi connectivity index (χ3v) is 4.00. The second kappa shape index (κ2) is 8.82. The van der Waals surface area contributed by atoms with Gasteiger partial charge in [0.05, 0.1) is 25.9 Å². The van der Waals surface area contributed by atoms with Crippen molar-refractivity contribution in [1.82, 2.24) is 0 Å². The van der Waals surface area contributed by atoms with Gasteiger partial charge in [-0.15, -0.1) is 0 Å². The first-order valence-corrected chi connectivity index (χ1v) is 8.33. The molecule has 0 aromatic heterocycles. The molecule has 2 atom stereocenters. The summed E-state index contributed by atoms with van der Waals surface area (Å²) in [5.41, 5.74) is 2.37. The number of ether oxygens (including phenoxy) is 3. The van der Waals surface area contributed by atoms with E-state index >= 15 is 0 Å². The van der Waals surface area contributed by atoms with E-state index in [1.54, 1.807) is 0 Å². The van der Waals surface area contributed by atoms with Crippen molar-refractivity contribution in [2.24, 2.45) is 0 Å². The predicted octanol–water partition coefficient (Wildman–Crippen LogP) is 4.32. The van der Waals surface area contributed by atoms with Crippen LogP contribution in [0, 0.1) is 0 Å². The summed E-state index contributed by atoms with van der Waals surface area (Å²) in [6, 6.07) is 20.4. The monoisotopic (exact) mass is 312 g/mol. The minimum absolute atomic E-state index is 0.116. The average Bonchev–Trinajstić information content (AvgIpc) is 2.62. The van der Waals surface area contributed by atoms with E-state index < -0.39 is 0 Å². The molecule has 1 aliphatic heterocycles. The van der Waals surface area contributed by atoms with Gasteiger partial charge in [0.2, 0.25) is 0 Å². The molecule has 2 aromatic carbocycles. The molecule has 1 heterocycles. The zero-order valence-electron chi connectivity index (χ0n) is 13.4. The van der Waals surface area contributed by atoms with Crippen molar-refractivity contribution in [2.75, 3.05) is 6.61 Å². The van der Waals surface area contributed by atoms with E-state index in [-0.39, 0.29) is 12.4 Å². The minimum Gasteiger partial charge on any atom is -0.374 e. The number of hydrogen-bond donors (Lipinski definition) is 0. The van der Waals surface area contributed by atoms with Gasteiger partial charge in [-0.2, -0.15) is 0 Å². The van der Waals surface area contributed by atoms with Crippen LogP contribution in [0.4, 0.5) is 0 Å². The molecule has 23 heavy (non-hydrogen) atoms. The molecule has 2 aromatic rings. The Hall–Kier alpha value is -1.68. The fourth-order valence-corrected chi connectivity index (χ4v) is 2.75. The molecule has 3 nitrogen and oxygen atoms in total. The summed E-state index contributed by atoms with van der Waals surface area (Å²) >= 11 is 0. The molecule has 2 unspecified atom stereocenters. The molecule has 0 radical (unpaired) electrons. The van der Waals surface area contributed by atoms with Crippen LogP contribution < -0.4 is 0 Å². The summed E-state index contributed by atoms with van der Waals surface area (Å²) in [7, 11) is 0. The van der Waals surface area contributed by atoms with Gasteiger partial charge in [0.25, 0.3) is 0 Å². The Morgan fingerprint density at radius 1 is 0.826 bits per heavy atom. The smallest absolute Gasteiger partial charge is 0.158 e. The Bertz CT molecular complexity index is 556. The first kappa shape index (κ1) is 16.2. The van der Waals surface area contributed by atoms with Crippen LogP contribution in [-0.4, -0.2) is 19.0 Å². The van der Waals surface area contributed by atoms with Gasteiger partial charge in [0.1, 0.15) is 0 Å². The highest BCUT2D eigenvalue weighted by molar-refractivity contribution is 5.14. The van der Waals surface area contributed by atoms with Gasteiger partial charge in [-0.05, 0) is 30.4 Å². The molecule has 1 aliphatic rings.